The number of hydrogen-bond donors (Lipinski definition) is 1. The van der Waals surface area contributed by atoms with Gasteiger partial charge < -0.3 is 4.74 Å². The molecule has 2 saturated carbocycles. The Bertz CT molecular complexity index is 366. The van der Waals surface area contributed by atoms with Crippen LogP contribution in [0, 0.1) is 11.3 Å². The predicted molar refractivity (Wildman–Crippen MR) is 73.7 cm³/mol. The van der Waals surface area contributed by atoms with Gasteiger partial charge in [-0.25, -0.2) is 0 Å². The molecule has 4 atom stereocenters. The summed E-state index contributed by atoms with van der Waals surface area (Å²) in [6.07, 6.45) is 6.27. The third-order valence-electron chi connectivity index (χ3n) is 4.72. The first-order chi connectivity index (χ1) is 9.10. The molecule has 2 aliphatic carbocycles. The fourth-order valence-corrected chi connectivity index (χ4v) is 3.73. The van der Waals surface area contributed by atoms with Gasteiger partial charge in [0.25, 0.3) is 0 Å². The van der Waals surface area contributed by atoms with Crippen molar-refractivity contribution in [1.29, 1.82) is 5.26 Å². The van der Waals surface area contributed by atoms with Gasteiger partial charge in [0, 0.05) is 25.2 Å². The number of ether oxygens (including phenoxy) is 1. The molecule has 1 aliphatic heterocycles. The summed E-state index contributed by atoms with van der Waals surface area (Å²) < 4.78 is 5.81. The minimum absolute atomic E-state index is 0.253. The van der Waals surface area contributed by atoms with Crippen LogP contribution in [0.15, 0.2) is 0 Å². The largest absolute Gasteiger partial charge is 0.373 e. The van der Waals surface area contributed by atoms with Crippen LogP contribution in [0.4, 0.5) is 0 Å². The van der Waals surface area contributed by atoms with Crippen LogP contribution in [0.1, 0.15) is 46.0 Å². The van der Waals surface area contributed by atoms with Crippen LogP contribution in [0.2, 0.25) is 0 Å². The molecule has 0 amide bonds. The highest BCUT2D eigenvalue weighted by molar-refractivity contribution is 5.15. The third kappa shape index (κ3) is 2.94. The summed E-state index contributed by atoms with van der Waals surface area (Å²) in [5.74, 6) is 0. The summed E-state index contributed by atoms with van der Waals surface area (Å²) in [6.45, 7) is 6.33. The summed E-state index contributed by atoms with van der Waals surface area (Å²) in [6, 6.07) is 3.74. The summed E-state index contributed by atoms with van der Waals surface area (Å²) in [7, 11) is 0. The molecule has 1 saturated heterocycles. The fourth-order valence-electron chi connectivity index (χ4n) is 3.73. The smallest absolute Gasteiger partial charge is 0.108 e. The number of nitriles is 1. The van der Waals surface area contributed by atoms with E-state index in [2.05, 4.69) is 30.1 Å². The van der Waals surface area contributed by atoms with Crippen molar-refractivity contribution in [2.45, 2.75) is 75.8 Å². The van der Waals surface area contributed by atoms with Gasteiger partial charge in [-0.1, -0.05) is 0 Å². The zero-order valence-electron chi connectivity index (χ0n) is 12.1. The number of nitrogens with zero attached hydrogens (tertiary/aromatic N) is 2. The standard InChI is InChI=1S/C15H25N3O/c1-11-8-18(9-12(2)19-11)14-5-6-15(7-14,10-16)17-13-3-4-13/h11-14,17H,3-9H2,1-2H3/t11-,12+,14?,15?. The second-order valence-corrected chi connectivity index (χ2v) is 6.72. The first-order valence-electron chi connectivity index (χ1n) is 7.69. The molecule has 106 valence electrons. The number of morpholine rings is 1. The molecule has 0 spiro atoms. The van der Waals surface area contributed by atoms with Crippen LogP contribution in [0.5, 0.6) is 0 Å². The fraction of sp³-hybridized carbons (Fsp3) is 0.933. The highest BCUT2D eigenvalue weighted by atomic mass is 16.5. The van der Waals surface area contributed by atoms with E-state index in [0.717, 1.165) is 32.4 Å². The molecule has 4 heteroatoms. The topological polar surface area (TPSA) is 48.3 Å². The molecule has 3 fully saturated rings. The molecular weight excluding hydrogens is 238 g/mol. The molecule has 0 aromatic carbocycles. The van der Waals surface area contributed by atoms with Gasteiger partial charge in [-0.15, -0.1) is 0 Å². The van der Waals surface area contributed by atoms with Gasteiger partial charge in [0.05, 0.1) is 18.3 Å². The minimum Gasteiger partial charge on any atom is -0.373 e. The van der Waals surface area contributed by atoms with E-state index in [1.165, 1.54) is 12.8 Å². The maximum Gasteiger partial charge on any atom is 0.108 e. The molecule has 2 unspecified atom stereocenters. The van der Waals surface area contributed by atoms with E-state index < -0.39 is 0 Å². The maximum absolute atomic E-state index is 9.56. The van der Waals surface area contributed by atoms with Crippen molar-refractivity contribution >= 4 is 0 Å². The molecular formula is C15H25N3O. The van der Waals surface area contributed by atoms with Crippen LogP contribution < -0.4 is 5.32 Å². The van der Waals surface area contributed by atoms with Gasteiger partial charge in [-0.05, 0) is 46.0 Å². The van der Waals surface area contributed by atoms with E-state index in [9.17, 15) is 5.26 Å². The average Bonchev–Trinajstić information content (AvgIpc) is 3.05. The number of nitrogens with one attached hydrogen (secondary N) is 1. The SMILES string of the molecule is C[C@@H]1CN(C2CCC(C#N)(NC3CC3)C2)C[C@H](C)O1. The zero-order valence-corrected chi connectivity index (χ0v) is 12.1. The van der Waals surface area contributed by atoms with Crippen molar-refractivity contribution in [3.05, 3.63) is 0 Å². The van der Waals surface area contributed by atoms with Crippen molar-refractivity contribution in [3.63, 3.8) is 0 Å². The molecule has 3 rings (SSSR count). The second-order valence-electron chi connectivity index (χ2n) is 6.72. The number of hydrogen-bond acceptors (Lipinski definition) is 4. The molecule has 4 nitrogen and oxygen atoms in total. The van der Waals surface area contributed by atoms with Crippen molar-refractivity contribution in [2.75, 3.05) is 13.1 Å². The van der Waals surface area contributed by atoms with E-state index in [0.29, 0.717) is 24.3 Å². The first-order valence-corrected chi connectivity index (χ1v) is 7.69. The molecule has 3 aliphatic rings. The Morgan fingerprint density at radius 1 is 1.21 bits per heavy atom. The Kier molecular flexibility index (Phi) is 3.55. The quantitative estimate of drug-likeness (QED) is 0.841. The Labute approximate surface area is 116 Å². The maximum atomic E-state index is 9.56. The van der Waals surface area contributed by atoms with Crippen LogP contribution >= 0.6 is 0 Å². The van der Waals surface area contributed by atoms with E-state index in [-0.39, 0.29) is 5.54 Å². The Morgan fingerprint density at radius 2 is 1.89 bits per heavy atom. The Morgan fingerprint density at radius 3 is 2.47 bits per heavy atom. The van der Waals surface area contributed by atoms with Gasteiger partial charge >= 0.3 is 0 Å². The van der Waals surface area contributed by atoms with Crippen LogP contribution in [0.25, 0.3) is 0 Å². The van der Waals surface area contributed by atoms with Crippen molar-refractivity contribution < 1.29 is 4.74 Å². The van der Waals surface area contributed by atoms with Gasteiger partial charge in [-0.2, -0.15) is 5.26 Å². The summed E-state index contributed by atoms with van der Waals surface area (Å²) in [5.41, 5.74) is -0.253. The number of rotatable bonds is 3. The van der Waals surface area contributed by atoms with Gasteiger partial charge in [0.1, 0.15) is 5.54 Å². The lowest BCUT2D eigenvalue weighted by Crippen LogP contribution is -2.51. The third-order valence-corrected chi connectivity index (χ3v) is 4.72. The monoisotopic (exact) mass is 263 g/mol. The highest BCUT2D eigenvalue weighted by Crippen LogP contribution is 2.36. The normalized spacial score (nSPS) is 44.2. The zero-order chi connectivity index (χ0) is 13.5. The molecule has 0 aromatic heterocycles. The van der Waals surface area contributed by atoms with Crippen LogP contribution in [-0.2, 0) is 4.74 Å². The Hall–Kier alpha value is -0.630. The van der Waals surface area contributed by atoms with E-state index in [1.807, 2.05) is 0 Å². The highest BCUT2D eigenvalue weighted by Gasteiger charge is 2.45. The lowest BCUT2D eigenvalue weighted by Gasteiger charge is -2.39. The average molecular weight is 263 g/mol. The van der Waals surface area contributed by atoms with Crippen LogP contribution in [-0.4, -0.2) is 47.8 Å². The molecule has 0 bridgehead atoms. The van der Waals surface area contributed by atoms with Crippen molar-refractivity contribution in [1.82, 2.24) is 10.2 Å². The van der Waals surface area contributed by atoms with E-state index >= 15 is 0 Å². The molecule has 1 N–H and O–H groups in total. The molecule has 0 aromatic rings. The molecule has 0 radical (unpaired) electrons. The molecule has 19 heavy (non-hydrogen) atoms. The summed E-state index contributed by atoms with van der Waals surface area (Å²) >= 11 is 0. The van der Waals surface area contributed by atoms with Gasteiger partial charge in [-0.3, -0.25) is 10.2 Å². The Balaban J connectivity index is 1.62. The van der Waals surface area contributed by atoms with Crippen molar-refractivity contribution in [2.24, 2.45) is 0 Å². The second kappa shape index (κ2) is 5.05. The van der Waals surface area contributed by atoms with Crippen molar-refractivity contribution in [3.8, 4) is 6.07 Å². The molecule has 1 heterocycles. The minimum atomic E-state index is -0.253. The summed E-state index contributed by atoms with van der Waals surface area (Å²) in [4.78, 5) is 2.55. The predicted octanol–water partition coefficient (Wildman–Crippen LogP) is 1.66. The lowest BCUT2D eigenvalue weighted by molar-refractivity contribution is -0.0800. The van der Waals surface area contributed by atoms with Crippen LogP contribution in [0.3, 0.4) is 0 Å². The first kappa shape index (κ1) is 13.4. The van der Waals surface area contributed by atoms with Gasteiger partial charge in [0.15, 0.2) is 0 Å². The lowest BCUT2D eigenvalue weighted by atomic mass is 9.98. The van der Waals surface area contributed by atoms with Gasteiger partial charge in [0.2, 0.25) is 0 Å². The van der Waals surface area contributed by atoms with E-state index in [4.69, 9.17) is 4.74 Å². The van der Waals surface area contributed by atoms with E-state index in [1.54, 1.807) is 0 Å². The summed E-state index contributed by atoms with van der Waals surface area (Å²) in [5, 5.41) is 13.1.